The highest BCUT2D eigenvalue weighted by Crippen LogP contribution is 2.19. The van der Waals surface area contributed by atoms with E-state index in [-0.39, 0.29) is 23.6 Å². The lowest BCUT2D eigenvalue weighted by Gasteiger charge is -2.23. The first kappa shape index (κ1) is 18.4. The van der Waals surface area contributed by atoms with Crippen LogP contribution in [0.1, 0.15) is 16.1 Å². The predicted molar refractivity (Wildman–Crippen MR) is 79.1 cm³/mol. The van der Waals surface area contributed by atoms with Crippen LogP contribution in [0.25, 0.3) is 0 Å². The van der Waals surface area contributed by atoms with Crippen molar-refractivity contribution in [2.24, 2.45) is 0 Å². The number of ether oxygens (including phenoxy) is 1. The zero-order valence-corrected chi connectivity index (χ0v) is 12.8. The molecule has 0 aliphatic heterocycles. The number of carboxylic acids is 1. The number of carboxylic acid groups (broad SMARTS) is 1. The number of carbonyl (C=O) groups excluding carboxylic acids is 1. The highest BCUT2D eigenvalue weighted by atomic mass is 19.4. The Hall–Kier alpha value is -2.97. The maximum Gasteiger partial charge on any atom is 0.406 e. The quantitative estimate of drug-likeness (QED) is 0.824. The highest BCUT2D eigenvalue weighted by Gasteiger charge is 2.33. The summed E-state index contributed by atoms with van der Waals surface area (Å²) >= 11 is 0. The molecular weight excluding hydrogens is 343 g/mol. The molecule has 0 unspecified atom stereocenters. The molecule has 25 heavy (non-hydrogen) atoms. The number of hydrogen-bond acceptors (Lipinski definition) is 4. The minimum Gasteiger partial charge on any atom is -0.484 e. The van der Waals surface area contributed by atoms with Crippen molar-refractivity contribution < 1.29 is 37.0 Å². The Morgan fingerprint density at radius 3 is 2.36 bits per heavy atom. The molecule has 0 radical (unpaired) electrons. The third-order valence-corrected chi connectivity index (χ3v) is 3.11. The van der Waals surface area contributed by atoms with Crippen LogP contribution in [-0.2, 0) is 11.3 Å². The van der Waals surface area contributed by atoms with E-state index in [0.717, 1.165) is 0 Å². The van der Waals surface area contributed by atoms with Gasteiger partial charge in [-0.2, -0.15) is 13.2 Å². The van der Waals surface area contributed by atoms with Gasteiger partial charge < -0.3 is 19.2 Å². The number of rotatable bonds is 7. The van der Waals surface area contributed by atoms with Crippen LogP contribution in [0.15, 0.2) is 47.1 Å². The Morgan fingerprint density at radius 1 is 1.16 bits per heavy atom. The van der Waals surface area contributed by atoms with Gasteiger partial charge in [0.15, 0.2) is 6.61 Å². The number of benzene rings is 1. The van der Waals surface area contributed by atoms with E-state index >= 15 is 0 Å². The largest absolute Gasteiger partial charge is 0.484 e. The average molecular weight is 357 g/mol. The van der Waals surface area contributed by atoms with Crippen LogP contribution in [0.4, 0.5) is 13.2 Å². The number of aromatic carboxylic acids is 1. The van der Waals surface area contributed by atoms with Crippen molar-refractivity contribution in [2.75, 3.05) is 13.2 Å². The highest BCUT2D eigenvalue weighted by molar-refractivity contribution is 5.87. The fraction of sp³-hybridized carbons (Fsp3) is 0.250. The van der Waals surface area contributed by atoms with Gasteiger partial charge in [0.1, 0.15) is 18.1 Å². The summed E-state index contributed by atoms with van der Waals surface area (Å²) in [5.74, 6) is -1.62. The van der Waals surface area contributed by atoms with Gasteiger partial charge in [-0.05, 0) is 36.4 Å². The zero-order chi connectivity index (χ0) is 18.4. The van der Waals surface area contributed by atoms with Gasteiger partial charge in [0.05, 0.1) is 18.4 Å². The Balaban J connectivity index is 1.99. The number of alkyl halides is 3. The molecule has 2 rings (SSSR count). The third-order valence-electron chi connectivity index (χ3n) is 3.11. The van der Waals surface area contributed by atoms with Crippen LogP contribution in [0.3, 0.4) is 0 Å². The van der Waals surface area contributed by atoms with Gasteiger partial charge in [-0.3, -0.25) is 4.79 Å². The minimum absolute atomic E-state index is 0.0233. The number of nitrogens with zero attached hydrogens (tertiary/aromatic N) is 1. The predicted octanol–water partition coefficient (Wildman–Crippen LogP) is 2.95. The van der Waals surface area contributed by atoms with E-state index in [2.05, 4.69) is 0 Å². The number of carbonyl (C=O) groups is 2. The fourth-order valence-corrected chi connectivity index (χ4v) is 1.97. The maximum absolute atomic E-state index is 12.7. The summed E-state index contributed by atoms with van der Waals surface area (Å²) in [7, 11) is 0. The van der Waals surface area contributed by atoms with Gasteiger partial charge >= 0.3 is 12.1 Å². The Bertz CT molecular complexity index is 710. The second-order valence-corrected chi connectivity index (χ2v) is 5.06. The van der Waals surface area contributed by atoms with Gasteiger partial charge in [0.25, 0.3) is 5.91 Å². The van der Waals surface area contributed by atoms with Crippen molar-refractivity contribution in [1.29, 1.82) is 0 Å². The monoisotopic (exact) mass is 357 g/mol. The van der Waals surface area contributed by atoms with Gasteiger partial charge in [-0.15, -0.1) is 0 Å². The molecule has 0 spiro atoms. The number of furan rings is 1. The van der Waals surface area contributed by atoms with Crippen LogP contribution in [-0.4, -0.2) is 41.2 Å². The van der Waals surface area contributed by atoms with Crippen molar-refractivity contribution in [3.05, 3.63) is 54.0 Å². The molecule has 9 heteroatoms. The second kappa shape index (κ2) is 7.73. The smallest absolute Gasteiger partial charge is 0.406 e. The Labute approximate surface area is 140 Å². The van der Waals surface area contributed by atoms with Crippen LogP contribution in [0.5, 0.6) is 5.75 Å². The van der Waals surface area contributed by atoms with Crippen molar-refractivity contribution in [1.82, 2.24) is 4.90 Å². The normalized spacial score (nSPS) is 11.2. The van der Waals surface area contributed by atoms with Crippen LogP contribution < -0.4 is 4.74 Å². The van der Waals surface area contributed by atoms with E-state index in [4.69, 9.17) is 14.3 Å². The van der Waals surface area contributed by atoms with E-state index in [9.17, 15) is 22.8 Å². The van der Waals surface area contributed by atoms with E-state index in [1.807, 2.05) is 0 Å². The molecule has 0 atom stereocenters. The molecular formula is C16H14F3NO5. The van der Waals surface area contributed by atoms with Gasteiger partial charge in [0.2, 0.25) is 0 Å². The number of hydrogen-bond donors (Lipinski definition) is 1. The van der Waals surface area contributed by atoms with E-state index in [0.29, 0.717) is 4.90 Å². The first-order chi connectivity index (χ1) is 11.7. The SMILES string of the molecule is O=C(O)c1ccc(OCC(=O)N(Cc2ccco2)CC(F)(F)F)cc1. The van der Waals surface area contributed by atoms with Gasteiger partial charge in [-0.1, -0.05) is 0 Å². The fourth-order valence-electron chi connectivity index (χ4n) is 1.97. The molecule has 1 aromatic carbocycles. The van der Waals surface area contributed by atoms with Crippen LogP contribution in [0, 0.1) is 0 Å². The standard InChI is InChI=1S/C16H14F3NO5/c17-16(18,19)10-20(8-13-2-1-7-24-13)14(21)9-25-12-5-3-11(4-6-12)15(22)23/h1-7H,8-10H2,(H,22,23). The molecule has 1 heterocycles. The van der Waals surface area contributed by atoms with Crippen molar-refractivity contribution >= 4 is 11.9 Å². The maximum atomic E-state index is 12.7. The molecule has 0 saturated heterocycles. The third kappa shape index (κ3) is 5.87. The lowest BCUT2D eigenvalue weighted by atomic mass is 10.2. The molecule has 0 aliphatic rings. The first-order valence-electron chi connectivity index (χ1n) is 7.07. The molecule has 134 valence electrons. The van der Waals surface area contributed by atoms with Crippen molar-refractivity contribution in [3.63, 3.8) is 0 Å². The summed E-state index contributed by atoms with van der Waals surface area (Å²) in [5.41, 5.74) is 0.0233. The van der Waals surface area contributed by atoms with E-state index in [1.54, 1.807) is 0 Å². The summed E-state index contributed by atoms with van der Waals surface area (Å²) in [6, 6.07) is 8.12. The summed E-state index contributed by atoms with van der Waals surface area (Å²) < 4.78 is 48.1. The zero-order valence-electron chi connectivity index (χ0n) is 12.8. The second-order valence-electron chi connectivity index (χ2n) is 5.06. The Morgan fingerprint density at radius 2 is 1.84 bits per heavy atom. The lowest BCUT2D eigenvalue weighted by Crippen LogP contribution is -2.40. The summed E-state index contributed by atoms with van der Waals surface area (Å²) in [6.07, 6.45) is -3.27. The van der Waals surface area contributed by atoms with Crippen LogP contribution >= 0.6 is 0 Å². The van der Waals surface area contributed by atoms with E-state index in [1.165, 1.54) is 42.7 Å². The molecule has 0 saturated carbocycles. The molecule has 1 N–H and O–H groups in total. The summed E-state index contributed by atoms with van der Waals surface area (Å²) in [6.45, 7) is -2.40. The topological polar surface area (TPSA) is 80.0 Å². The molecule has 1 aromatic heterocycles. The minimum atomic E-state index is -4.56. The van der Waals surface area contributed by atoms with Gasteiger partial charge in [-0.25, -0.2) is 4.79 Å². The lowest BCUT2D eigenvalue weighted by molar-refractivity contribution is -0.164. The molecule has 1 amide bonds. The molecule has 6 nitrogen and oxygen atoms in total. The van der Waals surface area contributed by atoms with Gasteiger partial charge in [0, 0.05) is 0 Å². The molecule has 2 aromatic rings. The van der Waals surface area contributed by atoms with Crippen molar-refractivity contribution in [3.8, 4) is 5.75 Å². The van der Waals surface area contributed by atoms with Crippen molar-refractivity contribution in [2.45, 2.75) is 12.7 Å². The molecule has 0 bridgehead atoms. The Kier molecular flexibility index (Phi) is 5.68. The summed E-state index contributed by atoms with van der Waals surface area (Å²) in [4.78, 5) is 23.4. The molecule has 0 aliphatic carbocycles. The molecule has 0 fully saturated rings. The number of halogens is 3. The number of amides is 1. The van der Waals surface area contributed by atoms with E-state index < -0.39 is 31.2 Å². The van der Waals surface area contributed by atoms with Crippen LogP contribution in [0.2, 0.25) is 0 Å². The summed E-state index contributed by atoms with van der Waals surface area (Å²) in [5, 5.41) is 8.78. The average Bonchev–Trinajstić information content (AvgIpc) is 3.04. The first-order valence-corrected chi connectivity index (χ1v) is 7.07.